The number of imide groups is 3. The van der Waals surface area contributed by atoms with Gasteiger partial charge in [0.25, 0.3) is 0 Å². The van der Waals surface area contributed by atoms with E-state index >= 15 is 0 Å². The van der Waals surface area contributed by atoms with Gasteiger partial charge < -0.3 is 9.59 Å². The van der Waals surface area contributed by atoms with E-state index < -0.39 is 0 Å². The summed E-state index contributed by atoms with van der Waals surface area (Å²) in [5.74, 6) is -1.50. The molecular weight excluding hydrogens is 410 g/mol. The molecule has 3 heterocycles. The van der Waals surface area contributed by atoms with Crippen LogP contribution in [0.2, 0.25) is 0 Å². The average molecular weight is 437 g/mol. The lowest BCUT2D eigenvalue weighted by atomic mass is 10.1. The molecule has 2 unspecified atom stereocenters. The molecule has 31 heavy (non-hydrogen) atoms. The van der Waals surface area contributed by atoms with E-state index in [0.29, 0.717) is 32.0 Å². The normalized spacial score (nSPS) is 23.0. The second kappa shape index (κ2) is 11.8. The SMILES string of the molecule is CC1CC(=O)N(CC=O)C1=O.CC1CC(=O)N(CC=O)C1=O.CCN1C(=O)CCC1=O. The Hall–Kier alpha value is -3.24. The fraction of sp³-hybridized carbons (Fsp3) is 0.600. The van der Waals surface area contributed by atoms with Crippen LogP contribution in [0.25, 0.3) is 0 Å². The van der Waals surface area contributed by atoms with E-state index in [2.05, 4.69) is 0 Å². The largest absolute Gasteiger partial charge is 0.301 e. The highest BCUT2D eigenvalue weighted by molar-refractivity contribution is 6.05. The van der Waals surface area contributed by atoms with Gasteiger partial charge in [0, 0.05) is 44.1 Å². The minimum absolute atomic E-state index is 0.0255. The van der Waals surface area contributed by atoms with Gasteiger partial charge in [0.15, 0.2) is 0 Å². The van der Waals surface area contributed by atoms with Gasteiger partial charge in [-0.25, -0.2) is 0 Å². The first-order chi connectivity index (χ1) is 14.6. The van der Waals surface area contributed by atoms with Crippen molar-refractivity contribution in [3.63, 3.8) is 0 Å². The number of nitrogens with zero attached hydrogens (tertiary/aromatic N) is 3. The standard InChI is InChI=1S/2C7H9NO3.C6H9NO2/c2*1-5-4-6(10)8(2-3-9)7(5)11;1-2-7-5(8)3-4-6(7)9/h2*3,5H,2,4H2,1H3;2-4H2,1H3. The van der Waals surface area contributed by atoms with E-state index in [0.717, 1.165) is 9.80 Å². The predicted octanol–water partition coefficient (Wildman–Crippen LogP) is -0.684. The molecular formula is C20H27N3O8. The third-order valence-corrected chi connectivity index (χ3v) is 4.92. The lowest BCUT2D eigenvalue weighted by Gasteiger charge is -2.08. The molecule has 0 radical (unpaired) electrons. The Kier molecular flexibility index (Phi) is 9.84. The maximum absolute atomic E-state index is 11.1. The summed E-state index contributed by atoms with van der Waals surface area (Å²) in [6.07, 6.45) is 2.43. The van der Waals surface area contributed by atoms with Crippen LogP contribution in [-0.4, -0.2) is 82.3 Å². The Morgan fingerprint density at radius 2 is 1.03 bits per heavy atom. The fourth-order valence-corrected chi connectivity index (χ4v) is 3.20. The molecule has 3 fully saturated rings. The molecule has 3 aliphatic heterocycles. The van der Waals surface area contributed by atoms with Gasteiger partial charge in [-0.3, -0.25) is 43.5 Å². The quantitative estimate of drug-likeness (QED) is 0.406. The van der Waals surface area contributed by atoms with E-state index in [1.807, 2.05) is 0 Å². The van der Waals surface area contributed by atoms with Gasteiger partial charge in [0.2, 0.25) is 35.4 Å². The van der Waals surface area contributed by atoms with E-state index in [1.54, 1.807) is 20.8 Å². The van der Waals surface area contributed by atoms with Crippen LogP contribution in [0.4, 0.5) is 0 Å². The van der Waals surface area contributed by atoms with Crippen molar-refractivity contribution in [2.45, 2.75) is 46.5 Å². The molecule has 3 rings (SSSR count). The Labute approximate surface area is 179 Å². The molecule has 0 N–H and O–H groups in total. The minimum Gasteiger partial charge on any atom is -0.301 e. The van der Waals surface area contributed by atoms with Gasteiger partial charge in [0.05, 0.1) is 13.1 Å². The molecule has 3 saturated heterocycles. The fourth-order valence-electron chi connectivity index (χ4n) is 3.20. The molecule has 0 aromatic rings. The lowest BCUT2D eigenvalue weighted by Crippen LogP contribution is -2.31. The van der Waals surface area contributed by atoms with Crippen molar-refractivity contribution in [2.24, 2.45) is 11.8 Å². The zero-order valence-corrected chi connectivity index (χ0v) is 17.9. The van der Waals surface area contributed by atoms with Gasteiger partial charge in [-0.15, -0.1) is 0 Å². The van der Waals surface area contributed by atoms with Gasteiger partial charge >= 0.3 is 0 Å². The van der Waals surface area contributed by atoms with Crippen molar-refractivity contribution in [3.8, 4) is 0 Å². The zero-order chi connectivity index (χ0) is 23.7. The number of rotatable bonds is 5. The molecule has 0 saturated carbocycles. The highest BCUT2D eigenvalue weighted by Gasteiger charge is 2.35. The Balaban J connectivity index is 0.000000234. The first-order valence-corrected chi connectivity index (χ1v) is 9.97. The molecule has 0 aromatic carbocycles. The summed E-state index contributed by atoms with van der Waals surface area (Å²) in [5, 5.41) is 0. The van der Waals surface area contributed by atoms with E-state index in [4.69, 9.17) is 0 Å². The summed E-state index contributed by atoms with van der Waals surface area (Å²) in [6.45, 7) is 5.51. The third-order valence-electron chi connectivity index (χ3n) is 4.92. The van der Waals surface area contributed by atoms with E-state index in [-0.39, 0.29) is 73.2 Å². The molecule has 0 spiro atoms. The molecule has 0 bridgehead atoms. The second-order valence-electron chi connectivity index (χ2n) is 7.26. The number of likely N-dealkylation sites (tertiary alicyclic amines) is 3. The second-order valence-corrected chi connectivity index (χ2v) is 7.26. The first kappa shape index (κ1) is 25.8. The third kappa shape index (κ3) is 6.63. The van der Waals surface area contributed by atoms with Crippen LogP contribution in [0.5, 0.6) is 0 Å². The van der Waals surface area contributed by atoms with Gasteiger partial charge in [-0.05, 0) is 6.92 Å². The van der Waals surface area contributed by atoms with Gasteiger partial charge in [-0.2, -0.15) is 0 Å². The minimum atomic E-state index is -0.248. The summed E-state index contributed by atoms with van der Waals surface area (Å²) < 4.78 is 0. The lowest BCUT2D eigenvalue weighted by molar-refractivity contribution is -0.141. The smallest absolute Gasteiger partial charge is 0.232 e. The van der Waals surface area contributed by atoms with Crippen molar-refractivity contribution < 1.29 is 38.4 Å². The topological polar surface area (TPSA) is 146 Å². The molecule has 11 heteroatoms. The molecule has 0 aliphatic carbocycles. The summed E-state index contributed by atoms with van der Waals surface area (Å²) in [7, 11) is 0. The highest BCUT2D eigenvalue weighted by Crippen LogP contribution is 2.18. The number of carbonyl (C=O) groups excluding carboxylic acids is 8. The molecule has 2 atom stereocenters. The molecule has 170 valence electrons. The number of carbonyl (C=O) groups is 8. The van der Waals surface area contributed by atoms with Crippen LogP contribution in [0.15, 0.2) is 0 Å². The van der Waals surface area contributed by atoms with Crippen LogP contribution in [-0.2, 0) is 38.4 Å². The molecule has 0 aromatic heterocycles. The number of hydrogen-bond acceptors (Lipinski definition) is 8. The van der Waals surface area contributed by atoms with Crippen LogP contribution < -0.4 is 0 Å². The van der Waals surface area contributed by atoms with Crippen molar-refractivity contribution in [1.82, 2.24) is 14.7 Å². The number of aldehydes is 2. The number of hydrogen-bond donors (Lipinski definition) is 0. The van der Waals surface area contributed by atoms with Crippen molar-refractivity contribution >= 4 is 48.0 Å². The zero-order valence-electron chi connectivity index (χ0n) is 17.9. The summed E-state index contributed by atoms with van der Waals surface area (Å²) >= 11 is 0. The maximum atomic E-state index is 11.1. The highest BCUT2D eigenvalue weighted by atomic mass is 16.2. The maximum Gasteiger partial charge on any atom is 0.232 e. The Bertz CT molecular complexity index is 716. The molecule has 6 amide bonds. The first-order valence-electron chi connectivity index (χ1n) is 9.97. The van der Waals surface area contributed by atoms with Crippen molar-refractivity contribution in [3.05, 3.63) is 0 Å². The van der Waals surface area contributed by atoms with Crippen LogP contribution >= 0.6 is 0 Å². The van der Waals surface area contributed by atoms with Crippen LogP contribution in [0, 0.1) is 11.8 Å². The summed E-state index contributed by atoms with van der Waals surface area (Å²) in [5.41, 5.74) is 0. The summed E-state index contributed by atoms with van der Waals surface area (Å²) in [4.78, 5) is 88.7. The van der Waals surface area contributed by atoms with Crippen molar-refractivity contribution in [2.75, 3.05) is 19.6 Å². The monoisotopic (exact) mass is 437 g/mol. The van der Waals surface area contributed by atoms with Gasteiger partial charge in [0.1, 0.15) is 12.6 Å². The van der Waals surface area contributed by atoms with Crippen LogP contribution in [0.1, 0.15) is 46.5 Å². The Morgan fingerprint density at radius 3 is 1.23 bits per heavy atom. The predicted molar refractivity (Wildman–Crippen MR) is 105 cm³/mol. The summed E-state index contributed by atoms with van der Waals surface area (Å²) in [6, 6.07) is 0. The molecule has 3 aliphatic rings. The number of amides is 6. The van der Waals surface area contributed by atoms with Crippen LogP contribution in [0.3, 0.4) is 0 Å². The van der Waals surface area contributed by atoms with Crippen molar-refractivity contribution in [1.29, 1.82) is 0 Å². The average Bonchev–Trinajstić information content (AvgIpc) is 3.27. The van der Waals surface area contributed by atoms with E-state index in [1.165, 1.54) is 4.90 Å². The van der Waals surface area contributed by atoms with E-state index in [9.17, 15) is 38.4 Å². The van der Waals surface area contributed by atoms with Gasteiger partial charge in [-0.1, -0.05) is 13.8 Å². The molecule has 11 nitrogen and oxygen atoms in total. The Morgan fingerprint density at radius 1 is 0.677 bits per heavy atom.